The zero-order chi connectivity index (χ0) is 21.3. The number of aliphatic hydroxyl groups excluding tert-OH is 1. The Kier molecular flexibility index (Phi) is 5.65. The fourth-order valence-corrected chi connectivity index (χ4v) is 4.06. The Morgan fingerprint density at radius 1 is 1.23 bits per heavy atom. The number of aromatic nitrogens is 3. The van der Waals surface area contributed by atoms with E-state index >= 15 is 0 Å². The highest BCUT2D eigenvalue weighted by Crippen LogP contribution is 2.39. The molecule has 0 unspecified atom stereocenters. The van der Waals surface area contributed by atoms with Crippen LogP contribution in [0.1, 0.15) is 28.7 Å². The zero-order valence-electron chi connectivity index (χ0n) is 17.1. The number of hydrogen-bond donors (Lipinski definition) is 2. The lowest BCUT2D eigenvalue weighted by atomic mass is 9.97. The van der Waals surface area contributed by atoms with E-state index in [2.05, 4.69) is 20.1 Å². The zero-order valence-corrected chi connectivity index (χ0v) is 17.1. The van der Waals surface area contributed by atoms with Crippen LogP contribution in [0.15, 0.2) is 30.0 Å². The van der Waals surface area contributed by atoms with Gasteiger partial charge in [-0.25, -0.2) is 0 Å². The van der Waals surface area contributed by atoms with E-state index in [-0.39, 0.29) is 11.3 Å². The number of morpholine rings is 1. The van der Waals surface area contributed by atoms with Gasteiger partial charge in [-0.15, -0.1) is 0 Å². The number of hydrogen-bond acceptors (Lipinski definition) is 7. The molecule has 2 aromatic rings. The van der Waals surface area contributed by atoms with Crippen LogP contribution in [0.3, 0.4) is 0 Å². The summed E-state index contributed by atoms with van der Waals surface area (Å²) in [7, 11) is 0. The minimum Gasteiger partial charge on any atom is -0.507 e. The minimum atomic E-state index is -0.749. The van der Waals surface area contributed by atoms with Gasteiger partial charge in [-0.05, 0) is 26.0 Å². The summed E-state index contributed by atoms with van der Waals surface area (Å²) in [6.45, 7) is 7.35. The number of ketones is 1. The number of likely N-dealkylation sites (tertiary alicyclic amines) is 1. The molecule has 0 bridgehead atoms. The van der Waals surface area contributed by atoms with Crippen molar-refractivity contribution in [1.29, 1.82) is 0 Å². The van der Waals surface area contributed by atoms with Crippen LogP contribution in [-0.2, 0) is 14.3 Å². The third-order valence-electron chi connectivity index (χ3n) is 5.63. The summed E-state index contributed by atoms with van der Waals surface area (Å²) in [4.78, 5) is 34.1. The predicted octanol–water partition coefficient (Wildman–Crippen LogP) is 1.18. The number of rotatable bonds is 5. The first-order chi connectivity index (χ1) is 14.5. The Morgan fingerprint density at radius 2 is 2.00 bits per heavy atom. The van der Waals surface area contributed by atoms with Crippen LogP contribution in [0.2, 0.25) is 0 Å². The molecule has 2 N–H and O–H groups in total. The normalized spacial score (nSPS) is 22.1. The lowest BCUT2D eigenvalue weighted by Crippen LogP contribution is -2.42. The van der Waals surface area contributed by atoms with E-state index in [9.17, 15) is 14.7 Å². The Bertz CT molecular complexity index is 959. The first-order valence-electron chi connectivity index (χ1n) is 10.0. The summed E-state index contributed by atoms with van der Waals surface area (Å²) in [5.41, 5.74) is 2.22. The summed E-state index contributed by atoms with van der Waals surface area (Å²) in [5, 5.41) is 18.0. The number of carbonyl (C=O) groups is 2. The second-order valence-corrected chi connectivity index (χ2v) is 7.51. The van der Waals surface area contributed by atoms with Crippen LogP contribution in [0.4, 0.5) is 0 Å². The van der Waals surface area contributed by atoms with Crippen molar-refractivity contribution in [1.82, 2.24) is 25.0 Å². The van der Waals surface area contributed by atoms with E-state index in [1.54, 1.807) is 38.2 Å². The standard InChI is InChI=1S/C21H25N5O4/c1-13-16(14(2)24-23-13)19(27)17-18(15-5-3-4-6-22-15)26(21(29)20(17)28)8-7-25-9-11-30-12-10-25/h3-6,18,27H,7-12H2,1-2H3,(H,23,24)/t18-/m0/s1. The van der Waals surface area contributed by atoms with E-state index in [0.29, 0.717) is 48.9 Å². The molecule has 0 aromatic carbocycles. The van der Waals surface area contributed by atoms with E-state index in [4.69, 9.17) is 4.74 Å². The van der Waals surface area contributed by atoms with Crippen LogP contribution in [0.25, 0.3) is 5.76 Å². The average molecular weight is 411 g/mol. The molecule has 2 aliphatic rings. The second kappa shape index (κ2) is 8.37. The van der Waals surface area contributed by atoms with Gasteiger partial charge in [0.2, 0.25) is 0 Å². The molecule has 1 atom stereocenters. The SMILES string of the molecule is Cc1n[nH]c(C)c1C(O)=C1C(=O)C(=O)N(CCN2CCOCC2)[C@H]1c1ccccn1. The largest absolute Gasteiger partial charge is 0.507 e. The summed E-state index contributed by atoms with van der Waals surface area (Å²) in [5.74, 6) is -1.55. The number of aromatic amines is 1. The molecule has 30 heavy (non-hydrogen) atoms. The van der Waals surface area contributed by atoms with E-state index in [1.165, 1.54) is 4.90 Å². The predicted molar refractivity (Wildman–Crippen MR) is 109 cm³/mol. The molecule has 0 radical (unpaired) electrons. The first kappa shape index (κ1) is 20.2. The van der Waals surface area contributed by atoms with Gasteiger partial charge in [0.05, 0.1) is 35.7 Å². The van der Waals surface area contributed by atoms with Gasteiger partial charge >= 0.3 is 0 Å². The third-order valence-corrected chi connectivity index (χ3v) is 5.63. The molecule has 4 heterocycles. The third kappa shape index (κ3) is 3.61. The highest BCUT2D eigenvalue weighted by atomic mass is 16.5. The molecular formula is C21H25N5O4. The van der Waals surface area contributed by atoms with Crippen molar-refractivity contribution in [2.75, 3.05) is 39.4 Å². The molecule has 0 saturated carbocycles. The lowest BCUT2D eigenvalue weighted by Gasteiger charge is -2.30. The van der Waals surface area contributed by atoms with Crippen molar-refractivity contribution in [2.24, 2.45) is 0 Å². The van der Waals surface area contributed by atoms with Gasteiger partial charge in [0.15, 0.2) is 0 Å². The number of aryl methyl sites for hydroxylation is 2. The first-order valence-corrected chi connectivity index (χ1v) is 10.0. The van der Waals surface area contributed by atoms with Crippen molar-refractivity contribution in [3.63, 3.8) is 0 Å². The van der Waals surface area contributed by atoms with Crippen molar-refractivity contribution < 1.29 is 19.4 Å². The molecule has 2 aromatic heterocycles. The fraction of sp³-hybridized carbons (Fsp3) is 0.429. The number of carbonyl (C=O) groups excluding carboxylic acids is 2. The molecule has 9 nitrogen and oxygen atoms in total. The molecule has 0 spiro atoms. The molecule has 0 aliphatic carbocycles. The quantitative estimate of drug-likeness (QED) is 0.432. The molecule has 2 aliphatic heterocycles. The molecule has 2 fully saturated rings. The summed E-state index contributed by atoms with van der Waals surface area (Å²) in [6.07, 6.45) is 1.62. The lowest BCUT2D eigenvalue weighted by molar-refractivity contribution is -0.140. The van der Waals surface area contributed by atoms with Gasteiger partial charge in [-0.1, -0.05) is 6.07 Å². The smallest absolute Gasteiger partial charge is 0.295 e. The van der Waals surface area contributed by atoms with Crippen molar-refractivity contribution in [2.45, 2.75) is 19.9 Å². The Balaban J connectivity index is 1.74. The van der Waals surface area contributed by atoms with Crippen molar-refractivity contribution in [3.05, 3.63) is 52.6 Å². The molecule has 1 amide bonds. The number of aliphatic hydroxyl groups is 1. The molecule has 158 valence electrons. The number of amides is 1. The van der Waals surface area contributed by atoms with Gasteiger partial charge < -0.3 is 14.7 Å². The van der Waals surface area contributed by atoms with Gasteiger partial charge in [-0.3, -0.25) is 24.6 Å². The molecule has 4 rings (SSSR count). The maximum atomic E-state index is 13.0. The number of H-pyrrole nitrogens is 1. The second-order valence-electron chi connectivity index (χ2n) is 7.51. The Hall–Kier alpha value is -3.04. The summed E-state index contributed by atoms with van der Waals surface area (Å²) in [6, 6.07) is 4.59. The van der Waals surface area contributed by atoms with E-state index < -0.39 is 17.7 Å². The number of nitrogens with one attached hydrogen (secondary N) is 1. The van der Waals surface area contributed by atoms with Crippen molar-refractivity contribution in [3.8, 4) is 0 Å². The summed E-state index contributed by atoms with van der Waals surface area (Å²) < 4.78 is 5.38. The van der Waals surface area contributed by atoms with Crippen LogP contribution in [0, 0.1) is 13.8 Å². The highest BCUT2D eigenvalue weighted by molar-refractivity contribution is 6.46. The number of nitrogens with zero attached hydrogens (tertiary/aromatic N) is 4. The monoisotopic (exact) mass is 411 g/mol. The molecule has 2 saturated heterocycles. The Labute approximate surface area is 174 Å². The van der Waals surface area contributed by atoms with Gasteiger partial charge in [0.25, 0.3) is 11.7 Å². The highest BCUT2D eigenvalue weighted by Gasteiger charge is 2.47. The van der Waals surface area contributed by atoms with Crippen LogP contribution >= 0.6 is 0 Å². The number of pyridine rings is 1. The molecule has 9 heteroatoms. The number of Topliss-reactive ketones (excluding diaryl/α,β-unsaturated/α-hetero) is 1. The maximum absolute atomic E-state index is 13.0. The Morgan fingerprint density at radius 3 is 2.63 bits per heavy atom. The summed E-state index contributed by atoms with van der Waals surface area (Å²) >= 11 is 0. The molecular weight excluding hydrogens is 386 g/mol. The fourth-order valence-electron chi connectivity index (χ4n) is 4.06. The minimum absolute atomic E-state index is 0.0493. The van der Waals surface area contributed by atoms with Gasteiger partial charge in [0.1, 0.15) is 11.8 Å². The van der Waals surface area contributed by atoms with Crippen LogP contribution in [0.5, 0.6) is 0 Å². The van der Waals surface area contributed by atoms with E-state index in [0.717, 1.165) is 13.1 Å². The van der Waals surface area contributed by atoms with E-state index in [1.807, 2.05) is 0 Å². The maximum Gasteiger partial charge on any atom is 0.295 e. The van der Waals surface area contributed by atoms with Crippen LogP contribution < -0.4 is 0 Å². The van der Waals surface area contributed by atoms with Crippen LogP contribution in [-0.4, -0.2) is 81.2 Å². The van der Waals surface area contributed by atoms with Gasteiger partial charge in [-0.2, -0.15) is 5.10 Å². The topological polar surface area (TPSA) is 112 Å². The van der Waals surface area contributed by atoms with Gasteiger partial charge in [0, 0.05) is 38.1 Å². The average Bonchev–Trinajstić information content (AvgIpc) is 3.23. The number of ether oxygens (including phenoxy) is 1. The van der Waals surface area contributed by atoms with Crippen molar-refractivity contribution >= 4 is 17.4 Å².